The van der Waals surface area contributed by atoms with Gasteiger partial charge in [-0.05, 0) is 24.1 Å². The van der Waals surface area contributed by atoms with Crippen molar-refractivity contribution in [2.75, 3.05) is 26.2 Å². The summed E-state index contributed by atoms with van der Waals surface area (Å²) < 4.78 is 5.07. The van der Waals surface area contributed by atoms with Crippen LogP contribution < -0.4 is 10.1 Å². The fraction of sp³-hybridized carbons (Fsp3) is 0.438. The van der Waals surface area contributed by atoms with E-state index in [0.29, 0.717) is 11.8 Å². The molecule has 4 nitrogen and oxygen atoms in total. The van der Waals surface area contributed by atoms with Gasteiger partial charge in [-0.1, -0.05) is 18.2 Å². The number of nitrogens with one attached hydrogen (secondary N) is 1. The largest absolute Gasteiger partial charge is 0.427 e. The number of esters is 1. The minimum absolute atomic E-state index is 0. The van der Waals surface area contributed by atoms with Gasteiger partial charge in [0.25, 0.3) is 0 Å². The van der Waals surface area contributed by atoms with Crippen molar-refractivity contribution < 1.29 is 9.53 Å². The Bertz CT molecular complexity index is 460. The Morgan fingerprint density at radius 3 is 2.41 bits per heavy atom. The minimum Gasteiger partial charge on any atom is -0.427 e. The van der Waals surface area contributed by atoms with Gasteiger partial charge in [-0.25, -0.2) is 0 Å². The van der Waals surface area contributed by atoms with Crippen LogP contribution in [0.3, 0.4) is 0 Å². The molecule has 6 heteroatoms. The number of hydrogen-bond donors (Lipinski definition) is 1. The number of piperazine rings is 1. The molecule has 0 unspecified atom stereocenters. The van der Waals surface area contributed by atoms with Gasteiger partial charge in [0.1, 0.15) is 5.75 Å². The smallest absolute Gasteiger partial charge is 0.308 e. The quantitative estimate of drug-likeness (QED) is 0.505. The van der Waals surface area contributed by atoms with Crippen molar-refractivity contribution >= 4 is 30.8 Å². The lowest BCUT2D eigenvalue weighted by atomic mass is 10.0. The highest BCUT2D eigenvalue weighted by Gasteiger charge is 2.20. The van der Waals surface area contributed by atoms with Crippen molar-refractivity contribution in [1.82, 2.24) is 10.2 Å². The molecule has 1 atom stereocenters. The molecule has 1 aliphatic heterocycles. The zero-order valence-electron chi connectivity index (χ0n) is 12.8. The van der Waals surface area contributed by atoms with Gasteiger partial charge in [0.2, 0.25) is 0 Å². The summed E-state index contributed by atoms with van der Waals surface area (Å²) >= 11 is 0. The number of hydrogen-bond acceptors (Lipinski definition) is 4. The average Bonchev–Trinajstić information content (AvgIpc) is 2.46. The molecule has 1 aromatic rings. The molecule has 1 saturated heterocycles. The molecule has 0 bridgehead atoms. The molecule has 0 aromatic heterocycles. The van der Waals surface area contributed by atoms with Crippen LogP contribution in [0.4, 0.5) is 0 Å². The number of rotatable bonds is 5. The molecule has 0 amide bonds. The van der Waals surface area contributed by atoms with Crippen LogP contribution in [0.2, 0.25) is 0 Å². The maximum Gasteiger partial charge on any atom is 0.308 e. The average molecular weight is 347 g/mol. The number of carbonyl (C=O) groups excluding carboxylic acids is 1. The summed E-state index contributed by atoms with van der Waals surface area (Å²) in [5.74, 6) is 0.307. The van der Waals surface area contributed by atoms with E-state index in [-0.39, 0.29) is 30.8 Å². The van der Waals surface area contributed by atoms with Crippen LogP contribution in [0.15, 0.2) is 36.9 Å². The van der Waals surface area contributed by atoms with Crippen molar-refractivity contribution in [2.24, 2.45) is 0 Å². The third kappa shape index (κ3) is 5.97. The lowest BCUT2D eigenvalue weighted by Gasteiger charge is -2.34. The van der Waals surface area contributed by atoms with Crippen LogP contribution in [0.5, 0.6) is 5.75 Å². The van der Waals surface area contributed by atoms with Gasteiger partial charge in [-0.3, -0.25) is 9.69 Å². The minimum atomic E-state index is -0.289. The van der Waals surface area contributed by atoms with E-state index < -0.39 is 0 Å². The number of ether oxygens (including phenoxy) is 1. The molecule has 0 radical (unpaired) electrons. The Morgan fingerprint density at radius 1 is 1.32 bits per heavy atom. The third-order valence-corrected chi connectivity index (χ3v) is 3.51. The molecule has 0 aliphatic carbocycles. The van der Waals surface area contributed by atoms with Crippen LogP contribution in [0.25, 0.3) is 0 Å². The molecule has 0 spiro atoms. The first kappa shape index (κ1) is 20.9. The van der Waals surface area contributed by atoms with Gasteiger partial charge in [-0.2, -0.15) is 0 Å². The van der Waals surface area contributed by atoms with Gasteiger partial charge in [0.05, 0.1) is 0 Å². The molecular formula is C16H24Cl2N2O2. The number of benzene rings is 1. The van der Waals surface area contributed by atoms with Gasteiger partial charge in [0, 0.05) is 39.1 Å². The van der Waals surface area contributed by atoms with E-state index in [1.807, 2.05) is 30.3 Å². The summed E-state index contributed by atoms with van der Waals surface area (Å²) in [5, 5.41) is 3.37. The zero-order valence-corrected chi connectivity index (χ0v) is 14.4. The van der Waals surface area contributed by atoms with E-state index in [1.165, 1.54) is 12.5 Å². The van der Waals surface area contributed by atoms with E-state index in [1.54, 1.807) is 0 Å². The highest BCUT2D eigenvalue weighted by atomic mass is 35.5. The molecule has 1 aromatic carbocycles. The molecule has 22 heavy (non-hydrogen) atoms. The number of halogens is 2. The van der Waals surface area contributed by atoms with Gasteiger partial charge in [-0.15, -0.1) is 31.4 Å². The van der Waals surface area contributed by atoms with E-state index in [4.69, 9.17) is 4.74 Å². The van der Waals surface area contributed by atoms with Crippen LogP contribution in [-0.2, 0) is 4.79 Å². The monoisotopic (exact) mass is 346 g/mol. The highest BCUT2D eigenvalue weighted by molar-refractivity contribution is 5.85. The maximum absolute atomic E-state index is 10.9. The summed E-state index contributed by atoms with van der Waals surface area (Å²) in [6.45, 7) is 9.42. The predicted octanol–water partition coefficient (Wildman–Crippen LogP) is 2.98. The summed E-state index contributed by atoms with van der Waals surface area (Å²) in [4.78, 5) is 13.4. The van der Waals surface area contributed by atoms with Crippen molar-refractivity contribution in [3.63, 3.8) is 0 Å². The third-order valence-electron chi connectivity index (χ3n) is 3.51. The fourth-order valence-corrected chi connectivity index (χ4v) is 2.57. The lowest BCUT2D eigenvalue weighted by molar-refractivity contribution is -0.131. The first-order valence-corrected chi connectivity index (χ1v) is 7.04. The molecule has 1 N–H and O–H groups in total. The SMILES string of the molecule is C=CC[C@@H](c1ccc(OC(C)=O)cc1)N1CCNCC1.Cl.Cl. The normalized spacial score (nSPS) is 15.9. The zero-order chi connectivity index (χ0) is 14.4. The molecule has 1 heterocycles. The second-order valence-electron chi connectivity index (χ2n) is 4.99. The standard InChI is InChI=1S/C16H22N2O2.2ClH/c1-3-4-16(18-11-9-17-10-12-18)14-5-7-15(8-6-14)20-13(2)19;;/h3,5-8,16-17H,1,4,9-12H2,2H3;2*1H/t16-;;/m0../s1. The van der Waals surface area contributed by atoms with Crippen molar-refractivity contribution in [3.8, 4) is 5.75 Å². The van der Waals surface area contributed by atoms with E-state index in [0.717, 1.165) is 32.6 Å². The Kier molecular flexibility index (Phi) is 10.1. The van der Waals surface area contributed by atoms with Gasteiger partial charge < -0.3 is 10.1 Å². The Labute approximate surface area is 144 Å². The van der Waals surface area contributed by atoms with Crippen LogP contribution in [0.1, 0.15) is 24.9 Å². The Balaban J connectivity index is 0.00000220. The summed E-state index contributed by atoms with van der Waals surface area (Å²) in [7, 11) is 0. The van der Waals surface area contributed by atoms with Crippen molar-refractivity contribution in [3.05, 3.63) is 42.5 Å². The lowest BCUT2D eigenvalue weighted by Crippen LogP contribution is -2.45. The first-order chi connectivity index (χ1) is 9.70. The fourth-order valence-electron chi connectivity index (χ4n) is 2.57. The van der Waals surface area contributed by atoms with Crippen LogP contribution in [0, 0.1) is 0 Å². The van der Waals surface area contributed by atoms with E-state index in [9.17, 15) is 4.79 Å². The molecule has 2 rings (SSSR count). The summed E-state index contributed by atoms with van der Waals surface area (Å²) in [6.07, 6.45) is 2.89. The Hall–Kier alpha value is -1.07. The predicted molar refractivity (Wildman–Crippen MR) is 94.2 cm³/mol. The number of nitrogens with zero attached hydrogens (tertiary/aromatic N) is 1. The van der Waals surface area contributed by atoms with E-state index >= 15 is 0 Å². The molecule has 1 aliphatic rings. The van der Waals surface area contributed by atoms with Crippen LogP contribution in [-0.4, -0.2) is 37.0 Å². The van der Waals surface area contributed by atoms with Gasteiger partial charge in [0.15, 0.2) is 0 Å². The topological polar surface area (TPSA) is 41.6 Å². The maximum atomic E-state index is 10.9. The van der Waals surface area contributed by atoms with Crippen LogP contribution >= 0.6 is 24.8 Å². The Morgan fingerprint density at radius 2 is 1.91 bits per heavy atom. The first-order valence-electron chi connectivity index (χ1n) is 7.04. The van der Waals surface area contributed by atoms with Crippen molar-refractivity contribution in [2.45, 2.75) is 19.4 Å². The molecule has 0 saturated carbocycles. The number of carbonyl (C=O) groups is 1. The molecule has 124 valence electrons. The highest BCUT2D eigenvalue weighted by Crippen LogP contribution is 2.26. The summed E-state index contributed by atoms with van der Waals surface area (Å²) in [5.41, 5.74) is 1.24. The van der Waals surface area contributed by atoms with Gasteiger partial charge >= 0.3 is 5.97 Å². The van der Waals surface area contributed by atoms with Crippen molar-refractivity contribution in [1.29, 1.82) is 0 Å². The second-order valence-corrected chi connectivity index (χ2v) is 4.99. The molecular weight excluding hydrogens is 323 g/mol. The van der Waals surface area contributed by atoms with E-state index in [2.05, 4.69) is 16.8 Å². The molecule has 1 fully saturated rings. The second kappa shape index (κ2) is 10.6. The summed E-state index contributed by atoms with van der Waals surface area (Å²) in [6, 6.07) is 8.13.